The Kier molecular flexibility index (Phi) is 25.1. The third kappa shape index (κ3) is 19.5. The molecule has 0 radical (unpaired) electrons. The molecule has 0 aliphatic heterocycles. The van der Waals surface area contributed by atoms with Gasteiger partial charge in [0, 0.05) is 51.1 Å². The maximum absolute atomic E-state index is 2.38. The summed E-state index contributed by atoms with van der Waals surface area (Å²) in [6.07, 6.45) is 0. The maximum Gasteiger partial charge on any atom is 0.0540 e. The summed E-state index contributed by atoms with van der Waals surface area (Å²) < 4.78 is 0. The zero-order valence-electron chi connectivity index (χ0n) is 71.5. The summed E-state index contributed by atoms with van der Waals surface area (Å²) in [6, 6.07) is 201. The molecule has 0 saturated heterocycles. The summed E-state index contributed by atoms with van der Waals surface area (Å²) in [5.74, 6) is 0. The number of nitrogens with zero attached hydrogens (tertiary/aromatic N) is 3. The van der Waals surface area contributed by atoms with Crippen molar-refractivity contribution in [2.45, 2.75) is 0 Å². The molecule has 0 unspecified atom stereocenters. The molecule has 3 heteroatoms. The molecule has 0 aromatic heterocycles. The third-order valence-electron chi connectivity index (χ3n) is 23.7. The van der Waals surface area contributed by atoms with Gasteiger partial charge < -0.3 is 14.7 Å². The molecular weight excluding hydrogens is 1560 g/mol. The molecule has 21 aromatic carbocycles. The van der Waals surface area contributed by atoms with Crippen molar-refractivity contribution in [3.63, 3.8) is 0 Å². The molecule has 0 N–H and O–H groups in total. The number of rotatable bonds is 21. The van der Waals surface area contributed by atoms with Gasteiger partial charge in [-0.05, 0) is 231 Å². The molecule has 0 fully saturated rings. The molecule has 0 saturated carbocycles. The Hall–Kier alpha value is -17.0. The normalized spacial score (nSPS) is 10.8. The summed E-state index contributed by atoms with van der Waals surface area (Å²) >= 11 is 0. The van der Waals surface area contributed by atoms with E-state index in [1.165, 1.54) is 134 Å². The molecular formula is C126H93N3. The van der Waals surface area contributed by atoms with Gasteiger partial charge in [0.05, 0.1) is 5.69 Å². The Balaban J connectivity index is 0.000000130. The van der Waals surface area contributed by atoms with E-state index < -0.39 is 0 Å². The van der Waals surface area contributed by atoms with Gasteiger partial charge >= 0.3 is 0 Å². The highest BCUT2D eigenvalue weighted by atomic mass is 15.2. The zero-order chi connectivity index (χ0) is 86.5. The first-order valence-electron chi connectivity index (χ1n) is 44.1. The first-order chi connectivity index (χ1) is 64.0. The van der Waals surface area contributed by atoms with Gasteiger partial charge in [0.2, 0.25) is 0 Å². The highest BCUT2D eigenvalue weighted by Gasteiger charge is 2.21. The fraction of sp³-hybridized carbons (Fsp3) is 0. The van der Waals surface area contributed by atoms with Gasteiger partial charge in [0.25, 0.3) is 0 Å². The van der Waals surface area contributed by atoms with E-state index in [0.717, 1.165) is 51.2 Å². The summed E-state index contributed by atoms with van der Waals surface area (Å²) in [5.41, 5.74) is 39.0. The molecule has 0 atom stereocenters. The number of benzene rings is 21. The lowest BCUT2D eigenvalue weighted by molar-refractivity contribution is 1.28. The van der Waals surface area contributed by atoms with Gasteiger partial charge in [-0.25, -0.2) is 0 Å². The van der Waals surface area contributed by atoms with Crippen LogP contribution < -0.4 is 14.7 Å². The SMILES string of the molecule is c1ccc(-c2ccc(-c3ccc(N(c4ccc(-c5ccc(-c6ccccc6)cc5)cc4)c4ccc(-c5ccc(-c6ccccc6)cc5)cc4)cc3)cc2)cc1.c1ccc(-c2ccc(N(c3ccc(-c4ccccc4)cc3)c3ccc(-c4ccccc4)cc3)cc2)cc1.c1ccc(-c2cccc(N(c3cccc(-c4ccccc4)c3)c3ccccc3-c3ccccc3)c2)cc1. The molecule has 0 heterocycles. The maximum atomic E-state index is 2.38. The first kappa shape index (κ1) is 81.7. The molecule has 0 aliphatic rings. The smallest absolute Gasteiger partial charge is 0.0540 e. The Labute approximate surface area is 758 Å². The van der Waals surface area contributed by atoms with Gasteiger partial charge in [-0.2, -0.15) is 0 Å². The van der Waals surface area contributed by atoms with E-state index in [2.05, 4.69) is 579 Å². The van der Waals surface area contributed by atoms with Crippen LogP contribution in [0, 0.1) is 0 Å². The van der Waals surface area contributed by atoms with Crippen LogP contribution in [0.5, 0.6) is 0 Å². The Bertz CT molecular complexity index is 6540. The molecule has 612 valence electrons. The van der Waals surface area contributed by atoms with Crippen LogP contribution in [0.4, 0.5) is 51.2 Å². The van der Waals surface area contributed by atoms with E-state index in [1.54, 1.807) is 0 Å². The molecule has 0 amide bonds. The van der Waals surface area contributed by atoms with E-state index in [9.17, 15) is 0 Å². The second kappa shape index (κ2) is 39.7. The predicted octanol–water partition coefficient (Wildman–Crippen LogP) is 35.5. The van der Waals surface area contributed by atoms with E-state index in [1.807, 2.05) is 0 Å². The van der Waals surface area contributed by atoms with Gasteiger partial charge in [0.1, 0.15) is 0 Å². The lowest BCUT2D eigenvalue weighted by Gasteiger charge is -2.28. The molecule has 3 nitrogen and oxygen atoms in total. The fourth-order valence-corrected chi connectivity index (χ4v) is 16.9. The highest BCUT2D eigenvalue weighted by Crippen LogP contribution is 2.45. The molecule has 129 heavy (non-hydrogen) atoms. The van der Waals surface area contributed by atoms with Crippen molar-refractivity contribution in [2.75, 3.05) is 14.7 Å². The topological polar surface area (TPSA) is 9.72 Å². The van der Waals surface area contributed by atoms with Crippen LogP contribution in [0.1, 0.15) is 0 Å². The standard InChI is InChI=1S/C54H39N.2C36H27N/c1-4-10-40(11-5-1)43-16-22-46(23-17-43)49-28-34-52(35-29-49)55(53-36-30-50(31-37-53)47-24-18-44(19-25-47)41-12-6-2-7-13-41)54-38-32-51(33-39-54)48-26-20-45(21-27-48)42-14-8-3-9-15-42;1-4-14-28(15-5-1)31-20-12-22-33(26-31)37(34-23-13-21-32(27-34)29-16-6-2-7-17-29)36-25-11-10-24-35(36)30-18-8-3-9-19-30;1-4-10-28(11-5-1)31-16-22-34(23-17-31)37(35-24-18-32(19-25-35)29-12-6-2-7-13-29)36-26-20-33(21-27-36)30-14-8-3-9-15-30/h1-39H;2*1-27H. The summed E-state index contributed by atoms with van der Waals surface area (Å²) in [5, 5.41) is 0. The second-order valence-electron chi connectivity index (χ2n) is 31.9. The van der Waals surface area contributed by atoms with Crippen LogP contribution in [0.15, 0.2) is 564 Å². The second-order valence-corrected chi connectivity index (χ2v) is 31.9. The van der Waals surface area contributed by atoms with Crippen LogP contribution in [-0.2, 0) is 0 Å². The van der Waals surface area contributed by atoms with Crippen LogP contribution in [-0.4, -0.2) is 0 Å². The predicted molar refractivity (Wildman–Crippen MR) is 549 cm³/mol. The van der Waals surface area contributed by atoms with Gasteiger partial charge in [0.15, 0.2) is 0 Å². The Morgan fingerprint density at radius 1 is 0.0853 bits per heavy atom. The van der Waals surface area contributed by atoms with Crippen molar-refractivity contribution in [1.29, 1.82) is 0 Å². The van der Waals surface area contributed by atoms with Gasteiger partial charge in [-0.3, -0.25) is 0 Å². The first-order valence-corrected chi connectivity index (χ1v) is 44.1. The summed E-state index contributed by atoms with van der Waals surface area (Å²) in [6.45, 7) is 0. The number of anilines is 9. The Morgan fingerprint density at radius 3 is 0.434 bits per heavy atom. The van der Waals surface area contributed by atoms with Gasteiger partial charge in [-0.1, -0.05) is 461 Å². The largest absolute Gasteiger partial charge is 0.311 e. The summed E-state index contributed by atoms with van der Waals surface area (Å²) in [4.78, 5) is 7.03. The third-order valence-corrected chi connectivity index (χ3v) is 23.7. The van der Waals surface area contributed by atoms with Crippen molar-refractivity contribution in [3.8, 4) is 134 Å². The minimum atomic E-state index is 1.10. The molecule has 21 rings (SSSR count). The van der Waals surface area contributed by atoms with E-state index in [-0.39, 0.29) is 0 Å². The number of hydrogen-bond acceptors (Lipinski definition) is 3. The highest BCUT2D eigenvalue weighted by molar-refractivity contribution is 5.91. The number of para-hydroxylation sites is 1. The molecule has 21 aromatic rings. The van der Waals surface area contributed by atoms with Crippen molar-refractivity contribution in [2.24, 2.45) is 0 Å². The van der Waals surface area contributed by atoms with Crippen molar-refractivity contribution in [1.82, 2.24) is 0 Å². The van der Waals surface area contributed by atoms with Crippen LogP contribution in [0.25, 0.3) is 134 Å². The Morgan fingerprint density at radius 2 is 0.233 bits per heavy atom. The molecule has 0 aliphatic carbocycles. The lowest BCUT2D eigenvalue weighted by Crippen LogP contribution is -2.11. The number of hydrogen-bond donors (Lipinski definition) is 0. The fourth-order valence-electron chi connectivity index (χ4n) is 16.9. The quantitative estimate of drug-likeness (QED) is 0.0710. The van der Waals surface area contributed by atoms with Crippen molar-refractivity contribution >= 4 is 51.2 Å². The van der Waals surface area contributed by atoms with E-state index >= 15 is 0 Å². The zero-order valence-corrected chi connectivity index (χ0v) is 71.5. The average molecular weight is 1650 g/mol. The monoisotopic (exact) mass is 1650 g/mol. The summed E-state index contributed by atoms with van der Waals surface area (Å²) in [7, 11) is 0. The molecule has 0 spiro atoms. The minimum absolute atomic E-state index is 1.10. The van der Waals surface area contributed by atoms with E-state index in [0.29, 0.717) is 0 Å². The van der Waals surface area contributed by atoms with Crippen molar-refractivity contribution in [3.05, 3.63) is 564 Å². The van der Waals surface area contributed by atoms with Crippen LogP contribution in [0.2, 0.25) is 0 Å². The lowest BCUT2D eigenvalue weighted by atomic mass is 9.99. The van der Waals surface area contributed by atoms with E-state index in [4.69, 9.17) is 0 Å². The van der Waals surface area contributed by atoms with Crippen LogP contribution >= 0.6 is 0 Å². The van der Waals surface area contributed by atoms with Crippen LogP contribution in [0.3, 0.4) is 0 Å². The van der Waals surface area contributed by atoms with Gasteiger partial charge in [-0.15, -0.1) is 0 Å². The van der Waals surface area contributed by atoms with Crippen molar-refractivity contribution < 1.29 is 0 Å². The minimum Gasteiger partial charge on any atom is -0.311 e. The molecule has 0 bridgehead atoms. The average Bonchev–Trinajstić information content (AvgIpc) is 0.733.